The van der Waals surface area contributed by atoms with Crippen molar-refractivity contribution < 1.29 is 13.2 Å². The van der Waals surface area contributed by atoms with Crippen LogP contribution in [0.2, 0.25) is 36.3 Å². The van der Waals surface area contributed by atoms with E-state index in [0.29, 0.717) is 10.2 Å². The third-order valence-electron chi connectivity index (χ3n) is 6.05. The Labute approximate surface area is 181 Å². The van der Waals surface area contributed by atoms with Crippen molar-refractivity contribution >= 4 is 39.2 Å². The highest BCUT2D eigenvalue weighted by atomic mass is 127. The molecule has 1 unspecified atom stereocenters. The lowest BCUT2D eigenvalue weighted by Crippen LogP contribution is -2.43. The minimum Gasteiger partial charge on any atom is -0.417 e. The lowest BCUT2D eigenvalue weighted by atomic mass is 10.2. The molecule has 0 spiro atoms. The van der Waals surface area contributed by atoms with Crippen LogP contribution in [0.25, 0.3) is 0 Å². The molecule has 1 aromatic heterocycles. The van der Waals surface area contributed by atoms with Crippen LogP contribution >= 0.6 is 22.6 Å². The normalized spacial score (nSPS) is 15.1. The first-order valence-electron chi connectivity index (χ1n) is 9.61. The largest absolute Gasteiger partial charge is 0.417 e. The molecule has 0 N–H and O–H groups in total. The number of aromatic nitrogens is 1. The molecule has 1 heterocycles. The Morgan fingerprint density at radius 2 is 1.56 bits per heavy atom. The van der Waals surface area contributed by atoms with E-state index in [1.807, 2.05) is 22.6 Å². The molecule has 0 fully saturated rings. The van der Waals surface area contributed by atoms with Crippen LogP contribution in [0.3, 0.4) is 0 Å². The molecule has 156 valence electrons. The molecule has 3 nitrogen and oxygen atoms in total. The summed E-state index contributed by atoms with van der Waals surface area (Å²) >= 11 is 2.01. The summed E-state index contributed by atoms with van der Waals surface area (Å²) in [5, 5.41) is 0.269. The van der Waals surface area contributed by atoms with Gasteiger partial charge >= 0.3 is 0 Å². The van der Waals surface area contributed by atoms with Gasteiger partial charge in [-0.15, -0.1) is 0 Å². The fourth-order valence-corrected chi connectivity index (χ4v) is 4.87. The van der Waals surface area contributed by atoms with E-state index in [0.717, 1.165) is 12.1 Å². The zero-order chi connectivity index (χ0) is 21.3. The molecule has 1 aromatic rings. The molecule has 0 aliphatic heterocycles. The SMILES string of the molecule is CC(C)(C)[Si](C)(C)OCCC(O[Si](C)(C)C(C)(C)C)c1cc(I)c(F)cn1. The van der Waals surface area contributed by atoms with Gasteiger partial charge in [0, 0.05) is 13.0 Å². The van der Waals surface area contributed by atoms with Crippen LogP contribution in [0.1, 0.15) is 59.8 Å². The molecule has 1 atom stereocenters. The van der Waals surface area contributed by atoms with Gasteiger partial charge in [0.1, 0.15) is 0 Å². The van der Waals surface area contributed by atoms with E-state index in [4.69, 9.17) is 8.85 Å². The van der Waals surface area contributed by atoms with Gasteiger partial charge in [-0.05, 0) is 64.9 Å². The van der Waals surface area contributed by atoms with E-state index in [2.05, 4.69) is 72.7 Å². The summed E-state index contributed by atoms with van der Waals surface area (Å²) in [6.45, 7) is 23.0. The van der Waals surface area contributed by atoms with Gasteiger partial charge < -0.3 is 8.85 Å². The van der Waals surface area contributed by atoms with Crippen molar-refractivity contribution in [3.05, 3.63) is 27.3 Å². The predicted octanol–water partition coefficient (Wildman–Crippen LogP) is 7.30. The Kier molecular flexibility index (Phi) is 8.30. The van der Waals surface area contributed by atoms with Gasteiger partial charge in [-0.25, -0.2) is 4.39 Å². The first-order chi connectivity index (χ1) is 12.0. The molecule has 0 radical (unpaired) electrons. The second-order valence-electron chi connectivity index (χ2n) is 10.3. The number of rotatable bonds is 7. The summed E-state index contributed by atoms with van der Waals surface area (Å²) in [6, 6.07) is 1.81. The van der Waals surface area contributed by atoms with Crippen molar-refractivity contribution in [3.8, 4) is 0 Å². The maximum Gasteiger partial charge on any atom is 0.192 e. The van der Waals surface area contributed by atoms with E-state index in [1.54, 1.807) is 6.07 Å². The van der Waals surface area contributed by atoms with Crippen molar-refractivity contribution in [3.63, 3.8) is 0 Å². The molecule has 0 saturated carbocycles. The van der Waals surface area contributed by atoms with E-state index < -0.39 is 16.6 Å². The van der Waals surface area contributed by atoms with E-state index in [1.165, 1.54) is 6.20 Å². The molecule has 0 amide bonds. The zero-order valence-electron chi connectivity index (χ0n) is 18.7. The fourth-order valence-electron chi connectivity index (χ4n) is 2.04. The van der Waals surface area contributed by atoms with Gasteiger partial charge in [0.15, 0.2) is 22.5 Å². The Hall–Kier alpha value is 0.164. The van der Waals surface area contributed by atoms with Gasteiger partial charge in [0.2, 0.25) is 0 Å². The molecule has 0 aliphatic rings. The number of pyridine rings is 1. The Bertz CT molecular complexity index is 640. The summed E-state index contributed by atoms with van der Waals surface area (Å²) < 4.78 is 27.3. The van der Waals surface area contributed by atoms with Crippen LogP contribution in [0, 0.1) is 9.39 Å². The summed E-state index contributed by atoms with van der Waals surface area (Å²) in [4.78, 5) is 4.34. The topological polar surface area (TPSA) is 31.4 Å². The maximum absolute atomic E-state index is 13.7. The Balaban J connectivity index is 3.03. The molecule has 0 saturated heterocycles. The summed E-state index contributed by atoms with van der Waals surface area (Å²) in [5.74, 6) is -0.289. The molecular weight excluding hydrogens is 488 g/mol. The van der Waals surface area contributed by atoms with Crippen molar-refractivity contribution in [2.75, 3.05) is 6.61 Å². The maximum atomic E-state index is 13.7. The molecule has 7 heteroatoms. The van der Waals surface area contributed by atoms with Crippen molar-refractivity contribution in [2.24, 2.45) is 0 Å². The number of nitrogens with zero attached hydrogens (tertiary/aromatic N) is 1. The van der Waals surface area contributed by atoms with E-state index in [9.17, 15) is 4.39 Å². The lowest BCUT2D eigenvalue weighted by molar-refractivity contribution is 0.139. The van der Waals surface area contributed by atoms with E-state index >= 15 is 0 Å². The number of hydrogen-bond donors (Lipinski definition) is 0. The van der Waals surface area contributed by atoms with Crippen LogP contribution < -0.4 is 0 Å². The van der Waals surface area contributed by atoms with Gasteiger partial charge in [0.05, 0.1) is 21.6 Å². The van der Waals surface area contributed by atoms with Gasteiger partial charge in [-0.1, -0.05) is 41.5 Å². The standard InChI is InChI=1S/C20H37FINO2Si2/c1-19(2,3)26(7,8)24-12-11-18(25-27(9,10)20(4,5)6)17-13-16(22)15(21)14-23-17/h13-14,18H,11-12H2,1-10H3. The van der Waals surface area contributed by atoms with Crippen molar-refractivity contribution in [1.29, 1.82) is 0 Å². The van der Waals surface area contributed by atoms with Crippen LogP contribution in [0.4, 0.5) is 4.39 Å². The van der Waals surface area contributed by atoms with Gasteiger partial charge in [0.25, 0.3) is 0 Å². The smallest absolute Gasteiger partial charge is 0.192 e. The highest BCUT2D eigenvalue weighted by Crippen LogP contribution is 2.41. The average molecular weight is 526 g/mol. The highest BCUT2D eigenvalue weighted by Gasteiger charge is 2.40. The lowest BCUT2D eigenvalue weighted by Gasteiger charge is -2.40. The van der Waals surface area contributed by atoms with Gasteiger partial charge in [-0.3, -0.25) is 4.98 Å². The first-order valence-corrected chi connectivity index (χ1v) is 16.5. The molecule has 0 bridgehead atoms. The van der Waals surface area contributed by atoms with Crippen molar-refractivity contribution in [1.82, 2.24) is 4.98 Å². The Morgan fingerprint density at radius 3 is 2.00 bits per heavy atom. The molecule has 0 aromatic carbocycles. The number of hydrogen-bond acceptors (Lipinski definition) is 3. The minimum absolute atomic E-state index is 0.0960. The Morgan fingerprint density at radius 1 is 1.04 bits per heavy atom. The van der Waals surface area contributed by atoms with Crippen LogP contribution in [-0.2, 0) is 8.85 Å². The quantitative estimate of drug-likeness (QED) is 0.277. The van der Waals surface area contributed by atoms with Gasteiger partial charge in [-0.2, -0.15) is 0 Å². The molecule has 0 aliphatic carbocycles. The first kappa shape index (κ1) is 25.2. The third kappa shape index (κ3) is 6.87. The van der Waals surface area contributed by atoms with Crippen LogP contribution in [0.5, 0.6) is 0 Å². The highest BCUT2D eigenvalue weighted by molar-refractivity contribution is 14.1. The summed E-state index contributed by atoms with van der Waals surface area (Å²) in [5.41, 5.74) is 0.796. The molecule has 27 heavy (non-hydrogen) atoms. The van der Waals surface area contributed by atoms with E-state index in [-0.39, 0.29) is 22.0 Å². The minimum atomic E-state index is -1.99. The zero-order valence-corrected chi connectivity index (χ0v) is 22.8. The fraction of sp³-hybridized carbons (Fsp3) is 0.750. The second-order valence-corrected chi connectivity index (χ2v) is 21.0. The monoisotopic (exact) mass is 525 g/mol. The summed E-state index contributed by atoms with van der Waals surface area (Å²) in [7, 11) is -3.81. The second kappa shape index (κ2) is 8.89. The predicted molar refractivity (Wildman–Crippen MR) is 126 cm³/mol. The molecule has 1 rings (SSSR count). The summed E-state index contributed by atoms with van der Waals surface area (Å²) in [6.07, 6.45) is 1.85. The average Bonchev–Trinajstić information content (AvgIpc) is 2.46. The molecular formula is C20H37FINO2Si2. The third-order valence-corrected chi connectivity index (χ3v) is 15.9. The van der Waals surface area contributed by atoms with Crippen LogP contribution in [-0.4, -0.2) is 28.2 Å². The van der Waals surface area contributed by atoms with Crippen molar-refractivity contribution in [2.45, 2.75) is 90.3 Å². The number of halogens is 2. The van der Waals surface area contributed by atoms with Crippen LogP contribution in [0.15, 0.2) is 12.3 Å².